The molecule has 6 nitrogen and oxygen atoms in total. The molecule has 6 heteroatoms. The van der Waals surface area contributed by atoms with Crippen LogP contribution >= 0.6 is 0 Å². The topological polar surface area (TPSA) is 69.0 Å². The third kappa shape index (κ3) is 3.57. The van der Waals surface area contributed by atoms with Crippen LogP contribution in [0.25, 0.3) is 5.69 Å². The molecule has 0 saturated carbocycles. The second kappa shape index (κ2) is 5.32. The largest absolute Gasteiger partial charge is 0.444 e. The minimum Gasteiger partial charge on any atom is -0.444 e. The maximum Gasteiger partial charge on any atom is 0.412 e. The lowest BCUT2D eigenvalue weighted by Crippen LogP contribution is -2.27. The van der Waals surface area contributed by atoms with E-state index in [1.807, 2.05) is 39.8 Å². The quantitative estimate of drug-likeness (QED) is 0.914. The van der Waals surface area contributed by atoms with Gasteiger partial charge in [0.05, 0.1) is 29.5 Å². The molecule has 0 saturated heterocycles. The Morgan fingerprint density at radius 3 is 2.75 bits per heavy atom. The zero-order chi connectivity index (χ0) is 14.8. The Balaban J connectivity index is 2.15. The molecule has 0 radical (unpaired) electrons. The van der Waals surface area contributed by atoms with Gasteiger partial charge in [-0.05, 0) is 39.8 Å². The highest BCUT2D eigenvalue weighted by Crippen LogP contribution is 2.17. The number of anilines is 1. The predicted molar refractivity (Wildman–Crippen MR) is 76.0 cm³/mol. The van der Waals surface area contributed by atoms with E-state index in [2.05, 4.69) is 15.4 Å². The van der Waals surface area contributed by atoms with Gasteiger partial charge in [-0.3, -0.25) is 10.3 Å². The molecule has 0 aliphatic rings. The zero-order valence-corrected chi connectivity index (χ0v) is 12.0. The summed E-state index contributed by atoms with van der Waals surface area (Å²) in [5, 5.41) is 7.03. The van der Waals surface area contributed by atoms with Gasteiger partial charge in [-0.2, -0.15) is 5.10 Å². The van der Waals surface area contributed by atoms with E-state index >= 15 is 0 Å². The first kappa shape index (κ1) is 14.0. The monoisotopic (exact) mass is 274 g/mol. The molecule has 20 heavy (non-hydrogen) atoms. The number of amides is 1. The van der Waals surface area contributed by atoms with Gasteiger partial charge >= 0.3 is 6.09 Å². The van der Waals surface area contributed by atoms with Gasteiger partial charge < -0.3 is 4.74 Å². The number of aromatic nitrogens is 3. The second-order valence-corrected chi connectivity index (χ2v) is 5.41. The van der Waals surface area contributed by atoms with Crippen LogP contribution in [0, 0.1) is 6.92 Å². The number of ether oxygens (including phenoxy) is 1. The Hall–Kier alpha value is -2.37. The van der Waals surface area contributed by atoms with Crippen LogP contribution in [0.15, 0.2) is 30.7 Å². The number of rotatable bonds is 2. The van der Waals surface area contributed by atoms with Gasteiger partial charge in [-0.15, -0.1) is 0 Å². The van der Waals surface area contributed by atoms with Gasteiger partial charge in [0, 0.05) is 6.20 Å². The summed E-state index contributed by atoms with van der Waals surface area (Å²) < 4.78 is 6.87. The Bertz CT molecular complexity index is 599. The first-order valence-corrected chi connectivity index (χ1v) is 6.32. The van der Waals surface area contributed by atoms with Crippen molar-refractivity contribution >= 4 is 11.8 Å². The number of carbonyl (C=O) groups is 1. The Morgan fingerprint density at radius 2 is 2.15 bits per heavy atom. The number of nitrogens with one attached hydrogen (secondary N) is 1. The average molecular weight is 274 g/mol. The van der Waals surface area contributed by atoms with Crippen molar-refractivity contribution < 1.29 is 9.53 Å². The maximum absolute atomic E-state index is 11.7. The third-order valence-corrected chi connectivity index (χ3v) is 2.44. The van der Waals surface area contributed by atoms with Crippen molar-refractivity contribution in [2.45, 2.75) is 33.3 Å². The molecule has 2 aromatic heterocycles. The molecule has 0 aromatic carbocycles. The van der Waals surface area contributed by atoms with Crippen LogP contribution in [0.5, 0.6) is 0 Å². The summed E-state index contributed by atoms with van der Waals surface area (Å²) in [6.45, 7) is 7.27. The molecule has 0 unspecified atom stereocenters. The highest BCUT2D eigenvalue weighted by molar-refractivity contribution is 5.85. The van der Waals surface area contributed by atoms with E-state index < -0.39 is 11.7 Å². The number of carbonyl (C=O) groups excluding carboxylic acids is 1. The van der Waals surface area contributed by atoms with Crippen molar-refractivity contribution in [3.05, 3.63) is 36.4 Å². The number of hydrogen-bond acceptors (Lipinski definition) is 4. The lowest BCUT2D eigenvalue weighted by Gasteiger charge is -2.19. The minimum absolute atomic E-state index is 0.494. The van der Waals surface area contributed by atoms with Crippen LogP contribution in [0.2, 0.25) is 0 Å². The van der Waals surface area contributed by atoms with E-state index in [0.717, 1.165) is 5.69 Å². The fourth-order valence-corrected chi connectivity index (χ4v) is 1.62. The zero-order valence-electron chi connectivity index (χ0n) is 12.0. The van der Waals surface area contributed by atoms with E-state index in [0.29, 0.717) is 11.4 Å². The molecule has 0 spiro atoms. The van der Waals surface area contributed by atoms with Gasteiger partial charge in [0.1, 0.15) is 5.60 Å². The average Bonchev–Trinajstić information content (AvgIpc) is 2.70. The van der Waals surface area contributed by atoms with Crippen molar-refractivity contribution in [2.24, 2.45) is 0 Å². The first-order chi connectivity index (χ1) is 9.35. The maximum atomic E-state index is 11.7. The molecule has 1 N–H and O–H groups in total. The fourth-order valence-electron chi connectivity index (χ4n) is 1.62. The molecular weight excluding hydrogens is 256 g/mol. The van der Waals surface area contributed by atoms with E-state index in [-0.39, 0.29) is 0 Å². The summed E-state index contributed by atoms with van der Waals surface area (Å²) >= 11 is 0. The van der Waals surface area contributed by atoms with Gasteiger partial charge in [0.2, 0.25) is 0 Å². The van der Waals surface area contributed by atoms with Crippen LogP contribution < -0.4 is 5.32 Å². The van der Waals surface area contributed by atoms with Crippen LogP contribution in [0.4, 0.5) is 10.5 Å². The fraction of sp³-hybridized carbons (Fsp3) is 0.357. The summed E-state index contributed by atoms with van der Waals surface area (Å²) in [5.41, 5.74) is 1.62. The van der Waals surface area contributed by atoms with E-state index in [1.165, 1.54) is 0 Å². The molecule has 2 rings (SSSR count). The second-order valence-electron chi connectivity index (χ2n) is 5.41. The molecule has 2 aromatic rings. The summed E-state index contributed by atoms with van der Waals surface area (Å²) in [5.74, 6) is 0. The summed E-state index contributed by atoms with van der Waals surface area (Å²) in [6, 6.07) is 3.71. The molecule has 2 heterocycles. The normalized spacial score (nSPS) is 11.2. The third-order valence-electron chi connectivity index (χ3n) is 2.44. The lowest BCUT2D eigenvalue weighted by molar-refractivity contribution is 0.0636. The standard InChI is InChI=1S/C14H18N4O2/c1-10-12(16-13(19)20-14(2,3)4)9-18(17-10)11-6-5-7-15-8-11/h5-9H,1-4H3,(H,16,19). The van der Waals surface area contributed by atoms with Crippen LogP contribution in [-0.2, 0) is 4.74 Å². The smallest absolute Gasteiger partial charge is 0.412 e. The van der Waals surface area contributed by atoms with E-state index in [1.54, 1.807) is 23.3 Å². The van der Waals surface area contributed by atoms with Gasteiger partial charge in [0.15, 0.2) is 0 Å². The van der Waals surface area contributed by atoms with Crippen molar-refractivity contribution in [3.8, 4) is 5.69 Å². The highest BCUT2D eigenvalue weighted by atomic mass is 16.6. The lowest BCUT2D eigenvalue weighted by atomic mass is 10.2. The molecule has 0 fully saturated rings. The van der Waals surface area contributed by atoms with Gasteiger partial charge in [-0.25, -0.2) is 9.48 Å². The molecule has 106 valence electrons. The van der Waals surface area contributed by atoms with E-state index in [9.17, 15) is 4.79 Å². The van der Waals surface area contributed by atoms with Gasteiger partial charge in [0.25, 0.3) is 0 Å². The summed E-state index contributed by atoms with van der Waals surface area (Å²) in [6.07, 6.45) is 4.63. The molecule has 0 atom stereocenters. The first-order valence-electron chi connectivity index (χ1n) is 6.32. The van der Waals surface area contributed by atoms with E-state index in [4.69, 9.17) is 4.74 Å². The predicted octanol–water partition coefficient (Wildman–Crippen LogP) is 2.92. The number of aryl methyl sites for hydroxylation is 1. The molecule has 1 amide bonds. The van der Waals surface area contributed by atoms with Gasteiger partial charge in [-0.1, -0.05) is 0 Å². The minimum atomic E-state index is -0.530. The molecule has 0 aliphatic carbocycles. The Morgan fingerprint density at radius 1 is 1.40 bits per heavy atom. The molecular formula is C14H18N4O2. The SMILES string of the molecule is Cc1nn(-c2cccnc2)cc1NC(=O)OC(C)(C)C. The summed E-state index contributed by atoms with van der Waals surface area (Å²) in [4.78, 5) is 15.8. The van der Waals surface area contributed by atoms with Crippen LogP contribution in [0.3, 0.4) is 0 Å². The number of nitrogens with zero attached hydrogens (tertiary/aromatic N) is 3. The Labute approximate surface area is 117 Å². The highest BCUT2D eigenvalue weighted by Gasteiger charge is 2.17. The number of pyridine rings is 1. The number of hydrogen-bond donors (Lipinski definition) is 1. The molecule has 0 bridgehead atoms. The van der Waals surface area contributed by atoms with Crippen molar-refractivity contribution in [2.75, 3.05) is 5.32 Å². The van der Waals surface area contributed by atoms with Crippen molar-refractivity contribution in [1.82, 2.24) is 14.8 Å². The molecule has 0 aliphatic heterocycles. The Kier molecular flexibility index (Phi) is 3.74. The van der Waals surface area contributed by atoms with Crippen LogP contribution in [-0.4, -0.2) is 26.5 Å². The summed E-state index contributed by atoms with van der Waals surface area (Å²) in [7, 11) is 0. The van der Waals surface area contributed by atoms with Crippen LogP contribution in [0.1, 0.15) is 26.5 Å². The van der Waals surface area contributed by atoms with Crippen molar-refractivity contribution in [1.29, 1.82) is 0 Å². The van der Waals surface area contributed by atoms with Crippen molar-refractivity contribution in [3.63, 3.8) is 0 Å².